The Bertz CT molecular complexity index is 720. The van der Waals surface area contributed by atoms with Crippen LogP contribution in [0.3, 0.4) is 0 Å². The summed E-state index contributed by atoms with van der Waals surface area (Å²) in [5.41, 5.74) is -0.514. The van der Waals surface area contributed by atoms with Crippen LogP contribution in [0.4, 0.5) is 0 Å². The lowest BCUT2D eigenvalue weighted by molar-refractivity contribution is -0.0853. The van der Waals surface area contributed by atoms with E-state index >= 15 is 0 Å². The van der Waals surface area contributed by atoms with Crippen LogP contribution < -0.4 is 0 Å². The molecule has 1 aromatic heterocycles. The van der Waals surface area contributed by atoms with Crippen LogP contribution in [0, 0.1) is 11.3 Å². The highest BCUT2D eigenvalue weighted by atomic mass is 35.5. The van der Waals surface area contributed by atoms with E-state index in [-0.39, 0.29) is 6.10 Å². The van der Waals surface area contributed by atoms with Crippen molar-refractivity contribution in [1.82, 2.24) is 9.55 Å². The van der Waals surface area contributed by atoms with Gasteiger partial charge < -0.3 is 9.30 Å². The van der Waals surface area contributed by atoms with Crippen LogP contribution in [0.5, 0.6) is 0 Å². The second kappa shape index (κ2) is 7.57. The molecular weight excluding hydrogens is 345 g/mol. The summed E-state index contributed by atoms with van der Waals surface area (Å²) < 4.78 is 8.22. The maximum absolute atomic E-state index is 10.1. The molecule has 1 unspecified atom stereocenters. The molecule has 3 rings (SSSR count). The van der Waals surface area contributed by atoms with Gasteiger partial charge in [-0.05, 0) is 25.0 Å². The van der Waals surface area contributed by atoms with Gasteiger partial charge in [0.1, 0.15) is 6.07 Å². The highest BCUT2D eigenvalue weighted by Gasteiger charge is 2.39. The molecule has 1 heterocycles. The van der Waals surface area contributed by atoms with Gasteiger partial charge in [0, 0.05) is 28.0 Å². The van der Waals surface area contributed by atoms with E-state index in [2.05, 4.69) is 11.1 Å². The lowest BCUT2D eigenvalue weighted by Crippen LogP contribution is -2.38. The Labute approximate surface area is 152 Å². The monoisotopic (exact) mass is 363 g/mol. The average molecular weight is 364 g/mol. The Balaban J connectivity index is 1.99. The average Bonchev–Trinajstić information content (AvgIpc) is 3.08. The van der Waals surface area contributed by atoms with E-state index in [4.69, 9.17) is 27.9 Å². The number of nitriles is 1. The van der Waals surface area contributed by atoms with Crippen LogP contribution in [0.25, 0.3) is 0 Å². The minimum Gasteiger partial charge on any atom is -0.351 e. The molecule has 1 aliphatic rings. The largest absolute Gasteiger partial charge is 0.351 e. The SMILES string of the molecule is N#CC(Cn1ccnc1)(OC1CCCCC1)c1ccc(Cl)cc1Cl. The fraction of sp³-hybridized carbons (Fsp3) is 0.444. The third kappa shape index (κ3) is 3.75. The van der Waals surface area contributed by atoms with Gasteiger partial charge in [0.25, 0.3) is 0 Å². The number of hydrogen-bond donors (Lipinski definition) is 0. The van der Waals surface area contributed by atoms with Crippen LogP contribution in [-0.4, -0.2) is 15.7 Å². The maximum Gasteiger partial charge on any atom is 0.199 e. The van der Waals surface area contributed by atoms with Gasteiger partial charge in [-0.1, -0.05) is 48.5 Å². The summed E-state index contributed by atoms with van der Waals surface area (Å²) in [6.07, 6.45) is 10.7. The predicted octanol–water partition coefficient (Wildman–Crippen LogP) is 4.96. The fourth-order valence-electron chi connectivity index (χ4n) is 3.23. The number of hydrogen-bond acceptors (Lipinski definition) is 3. The van der Waals surface area contributed by atoms with Crippen molar-refractivity contribution in [2.75, 3.05) is 0 Å². The highest BCUT2D eigenvalue weighted by Crippen LogP contribution is 2.37. The van der Waals surface area contributed by atoms with E-state index in [9.17, 15) is 5.26 Å². The van der Waals surface area contributed by atoms with E-state index in [0.717, 1.165) is 25.7 Å². The van der Waals surface area contributed by atoms with Gasteiger partial charge in [-0.15, -0.1) is 0 Å². The van der Waals surface area contributed by atoms with E-state index in [1.165, 1.54) is 6.42 Å². The zero-order valence-corrected chi connectivity index (χ0v) is 14.8. The minimum absolute atomic E-state index is 0.0636. The van der Waals surface area contributed by atoms with Crippen LogP contribution in [0.15, 0.2) is 36.9 Å². The number of imidazole rings is 1. The van der Waals surface area contributed by atoms with Crippen molar-refractivity contribution in [2.45, 2.75) is 50.4 Å². The Morgan fingerprint density at radius 1 is 1.29 bits per heavy atom. The van der Waals surface area contributed by atoms with Crippen LogP contribution in [0.1, 0.15) is 37.7 Å². The first kappa shape index (κ1) is 17.3. The van der Waals surface area contributed by atoms with Crippen molar-refractivity contribution in [3.05, 3.63) is 52.5 Å². The molecule has 1 fully saturated rings. The maximum atomic E-state index is 10.1. The standard InChI is InChI=1S/C18H19Cl2N3O/c19-14-6-7-16(17(20)10-14)18(11-21,12-23-9-8-22-13-23)24-15-4-2-1-3-5-15/h6-10,13,15H,1-5,12H2. The van der Waals surface area contributed by atoms with Crippen LogP contribution in [0.2, 0.25) is 10.0 Å². The van der Waals surface area contributed by atoms with Crippen molar-refractivity contribution in [3.8, 4) is 6.07 Å². The molecule has 0 spiro atoms. The van der Waals surface area contributed by atoms with Gasteiger partial charge in [-0.25, -0.2) is 4.98 Å². The van der Waals surface area contributed by atoms with Crippen molar-refractivity contribution in [1.29, 1.82) is 5.26 Å². The normalized spacial score (nSPS) is 18.0. The molecule has 126 valence electrons. The lowest BCUT2D eigenvalue weighted by Gasteiger charge is -2.34. The van der Waals surface area contributed by atoms with Crippen molar-refractivity contribution < 1.29 is 4.74 Å². The molecule has 0 saturated heterocycles. The molecule has 0 aliphatic heterocycles. The van der Waals surface area contributed by atoms with E-state index in [1.54, 1.807) is 30.7 Å². The second-order valence-corrected chi connectivity index (χ2v) is 7.02. The van der Waals surface area contributed by atoms with Gasteiger partial charge in [0.15, 0.2) is 5.60 Å². The molecule has 1 saturated carbocycles. The van der Waals surface area contributed by atoms with Gasteiger partial charge in [-0.3, -0.25) is 0 Å². The smallest absolute Gasteiger partial charge is 0.199 e. The Morgan fingerprint density at radius 3 is 2.71 bits per heavy atom. The number of ether oxygens (including phenoxy) is 1. The first-order valence-corrected chi connectivity index (χ1v) is 8.89. The van der Waals surface area contributed by atoms with Gasteiger partial charge in [0.2, 0.25) is 0 Å². The summed E-state index contributed by atoms with van der Waals surface area (Å²) in [5, 5.41) is 11.0. The fourth-order valence-corrected chi connectivity index (χ4v) is 3.79. The summed E-state index contributed by atoms with van der Waals surface area (Å²) in [6, 6.07) is 7.56. The van der Waals surface area contributed by atoms with Gasteiger partial charge in [-0.2, -0.15) is 5.26 Å². The molecular formula is C18H19Cl2N3O. The number of benzene rings is 1. The minimum atomic E-state index is -1.16. The lowest BCUT2D eigenvalue weighted by atomic mass is 9.92. The number of rotatable bonds is 5. The summed E-state index contributed by atoms with van der Waals surface area (Å²) in [7, 11) is 0. The molecule has 0 radical (unpaired) electrons. The number of aromatic nitrogens is 2. The number of nitrogens with zero attached hydrogens (tertiary/aromatic N) is 3. The van der Waals surface area contributed by atoms with Crippen LogP contribution in [-0.2, 0) is 16.9 Å². The zero-order chi connectivity index (χ0) is 17.0. The first-order chi connectivity index (χ1) is 11.6. The Hall–Kier alpha value is -1.54. The highest BCUT2D eigenvalue weighted by molar-refractivity contribution is 6.35. The first-order valence-electron chi connectivity index (χ1n) is 8.13. The third-order valence-electron chi connectivity index (χ3n) is 4.43. The second-order valence-electron chi connectivity index (χ2n) is 6.18. The molecule has 4 nitrogen and oxygen atoms in total. The van der Waals surface area contributed by atoms with Crippen molar-refractivity contribution in [3.63, 3.8) is 0 Å². The Kier molecular flexibility index (Phi) is 5.45. The van der Waals surface area contributed by atoms with E-state index < -0.39 is 5.60 Å². The summed E-state index contributed by atoms with van der Waals surface area (Å²) in [6.45, 7) is 0.335. The van der Waals surface area contributed by atoms with Crippen molar-refractivity contribution >= 4 is 23.2 Å². The predicted molar refractivity (Wildman–Crippen MR) is 93.9 cm³/mol. The van der Waals surface area contributed by atoms with Crippen molar-refractivity contribution in [2.24, 2.45) is 0 Å². The third-order valence-corrected chi connectivity index (χ3v) is 4.98. The summed E-state index contributed by atoms with van der Waals surface area (Å²) in [4.78, 5) is 4.06. The number of halogens is 2. The molecule has 0 bridgehead atoms. The van der Waals surface area contributed by atoms with Crippen LogP contribution >= 0.6 is 23.2 Å². The Morgan fingerprint density at radius 2 is 2.08 bits per heavy atom. The molecule has 6 heteroatoms. The summed E-state index contributed by atoms with van der Waals surface area (Å²) >= 11 is 12.4. The molecule has 1 atom stereocenters. The molecule has 0 amide bonds. The topological polar surface area (TPSA) is 50.8 Å². The van der Waals surface area contributed by atoms with Gasteiger partial charge >= 0.3 is 0 Å². The molecule has 24 heavy (non-hydrogen) atoms. The quantitative estimate of drug-likeness (QED) is 0.754. The summed E-state index contributed by atoms with van der Waals surface area (Å²) in [5.74, 6) is 0. The molecule has 0 N–H and O–H groups in total. The molecule has 1 aromatic carbocycles. The molecule has 2 aromatic rings. The van der Waals surface area contributed by atoms with Gasteiger partial charge in [0.05, 0.1) is 19.0 Å². The molecule has 1 aliphatic carbocycles. The zero-order valence-electron chi connectivity index (χ0n) is 13.3. The van der Waals surface area contributed by atoms with E-state index in [0.29, 0.717) is 22.2 Å². The van der Waals surface area contributed by atoms with E-state index in [1.807, 2.05) is 10.8 Å².